The van der Waals surface area contributed by atoms with E-state index in [1.807, 2.05) is 0 Å². The van der Waals surface area contributed by atoms with Crippen LogP contribution in [0.2, 0.25) is 5.02 Å². The number of amides is 1. The van der Waals surface area contributed by atoms with Crippen molar-refractivity contribution < 1.29 is 27.1 Å². The molecule has 1 aliphatic heterocycles. The van der Waals surface area contributed by atoms with E-state index in [1.165, 1.54) is 18.2 Å². The molecule has 0 saturated heterocycles. The fourth-order valence-corrected chi connectivity index (χ4v) is 3.77. The first-order valence-electron chi connectivity index (χ1n) is 8.86. The normalized spacial score (nSPS) is 23.2. The molecule has 1 amide bonds. The minimum Gasteiger partial charge on any atom is -0.386 e. The molecule has 1 aromatic carbocycles. The number of pyridine rings is 1. The number of nitrogens with one attached hydrogen (secondary N) is 1. The van der Waals surface area contributed by atoms with Crippen LogP contribution >= 0.6 is 11.6 Å². The Balaban J connectivity index is 1.60. The number of aliphatic imine (C=N–C) groups is 1. The molecule has 158 valence electrons. The van der Waals surface area contributed by atoms with Crippen molar-refractivity contribution in [3.63, 3.8) is 0 Å². The van der Waals surface area contributed by atoms with Crippen molar-refractivity contribution in [2.24, 2.45) is 16.6 Å². The minimum absolute atomic E-state index is 0.0370. The van der Waals surface area contributed by atoms with Gasteiger partial charge in [0, 0.05) is 23.4 Å². The highest BCUT2D eigenvalue weighted by molar-refractivity contribution is 6.34. The number of amidine groups is 1. The molecule has 2 heterocycles. The molecule has 0 spiro atoms. The fraction of sp³-hybridized carbons (Fsp3) is 0.316. The predicted octanol–water partition coefficient (Wildman–Crippen LogP) is 3.75. The lowest BCUT2D eigenvalue weighted by Gasteiger charge is -2.16. The third-order valence-electron chi connectivity index (χ3n) is 5.06. The van der Waals surface area contributed by atoms with E-state index < -0.39 is 34.0 Å². The first-order chi connectivity index (χ1) is 14.1. The first kappa shape index (κ1) is 20.5. The summed E-state index contributed by atoms with van der Waals surface area (Å²) in [6.07, 6.45) is -3.57. The van der Waals surface area contributed by atoms with Gasteiger partial charge in [0.05, 0.1) is 22.7 Å². The summed E-state index contributed by atoms with van der Waals surface area (Å²) in [4.78, 5) is 20.4. The van der Waals surface area contributed by atoms with Crippen molar-refractivity contribution in [2.75, 3.05) is 18.5 Å². The van der Waals surface area contributed by atoms with Gasteiger partial charge in [-0.3, -0.25) is 9.79 Å². The van der Waals surface area contributed by atoms with E-state index in [1.54, 1.807) is 0 Å². The molecule has 4 rings (SSSR count). The summed E-state index contributed by atoms with van der Waals surface area (Å²) in [6, 6.07) is 4.54. The van der Waals surface area contributed by atoms with Gasteiger partial charge in [-0.2, -0.15) is 13.2 Å². The molecule has 6 nitrogen and oxygen atoms in total. The lowest BCUT2D eigenvalue weighted by molar-refractivity contribution is -0.137. The number of halogens is 5. The number of nitrogens with two attached hydrogens (primary N) is 1. The van der Waals surface area contributed by atoms with Crippen molar-refractivity contribution in [1.29, 1.82) is 0 Å². The summed E-state index contributed by atoms with van der Waals surface area (Å²) in [5, 5.41) is 2.03. The molecule has 1 saturated carbocycles. The average Bonchev–Trinajstić information content (AvgIpc) is 3.36. The van der Waals surface area contributed by atoms with E-state index in [-0.39, 0.29) is 35.3 Å². The number of fused-ring (bicyclic) bond motifs is 1. The zero-order chi connectivity index (χ0) is 21.7. The van der Waals surface area contributed by atoms with Gasteiger partial charge in [0.25, 0.3) is 5.91 Å². The van der Waals surface area contributed by atoms with Gasteiger partial charge in [0.15, 0.2) is 0 Å². The third kappa shape index (κ3) is 3.72. The van der Waals surface area contributed by atoms with Gasteiger partial charge in [0.1, 0.15) is 24.0 Å². The highest BCUT2D eigenvalue weighted by Gasteiger charge is 2.58. The van der Waals surface area contributed by atoms with Gasteiger partial charge < -0.3 is 15.8 Å². The molecule has 30 heavy (non-hydrogen) atoms. The SMILES string of the molecule is NC1=N[C@@]2(c3cc(NC(=O)c4ncc(C(F)(F)F)cc4Cl)ccc3F)C[C@H]2COC1. The maximum Gasteiger partial charge on any atom is 0.417 e. The molecular formula is C19H15ClF4N4O2. The van der Waals surface area contributed by atoms with Crippen LogP contribution < -0.4 is 11.1 Å². The van der Waals surface area contributed by atoms with Crippen LogP contribution in [0.15, 0.2) is 35.5 Å². The molecule has 0 unspecified atom stereocenters. The van der Waals surface area contributed by atoms with E-state index in [2.05, 4.69) is 15.3 Å². The molecule has 11 heteroatoms. The van der Waals surface area contributed by atoms with Crippen LogP contribution in [-0.2, 0) is 16.5 Å². The number of hydrogen-bond acceptors (Lipinski definition) is 5. The van der Waals surface area contributed by atoms with Crippen molar-refractivity contribution in [2.45, 2.75) is 18.1 Å². The Kier molecular flexibility index (Phi) is 4.94. The number of alkyl halides is 3. The molecule has 0 radical (unpaired) electrons. The summed E-state index contributed by atoms with van der Waals surface area (Å²) < 4.78 is 58.2. The first-order valence-corrected chi connectivity index (χ1v) is 9.24. The van der Waals surface area contributed by atoms with Crippen molar-refractivity contribution in [3.05, 3.63) is 58.1 Å². The van der Waals surface area contributed by atoms with Crippen molar-refractivity contribution in [1.82, 2.24) is 4.98 Å². The Morgan fingerprint density at radius 3 is 2.80 bits per heavy atom. The molecular weight excluding hydrogens is 428 g/mol. The van der Waals surface area contributed by atoms with Crippen LogP contribution in [0.25, 0.3) is 0 Å². The summed E-state index contributed by atoms with van der Waals surface area (Å²) >= 11 is 5.81. The van der Waals surface area contributed by atoms with Crippen molar-refractivity contribution in [3.8, 4) is 0 Å². The molecule has 2 aromatic rings. The number of carbonyl (C=O) groups excluding carboxylic acids is 1. The van der Waals surface area contributed by atoms with Crippen LogP contribution in [0.1, 0.15) is 28.0 Å². The predicted molar refractivity (Wildman–Crippen MR) is 101 cm³/mol. The number of anilines is 1. The second kappa shape index (κ2) is 7.21. The van der Waals surface area contributed by atoms with Gasteiger partial charge >= 0.3 is 6.18 Å². The summed E-state index contributed by atoms with van der Waals surface area (Å²) in [5.41, 5.74) is 3.97. The molecule has 3 N–H and O–H groups in total. The lowest BCUT2D eigenvalue weighted by Crippen LogP contribution is -2.21. The Labute approximate surface area is 173 Å². The van der Waals surface area contributed by atoms with Crippen LogP contribution in [0.3, 0.4) is 0 Å². The molecule has 1 aromatic heterocycles. The van der Waals surface area contributed by atoms with E-state index in [9.17, 15) is 22.4 Å². The zero-order valence-electron chi connectivity index (χ0n) is 15.3. The maximum absolute atomic E-state index is 14.6. The van der Waals surface area contributed by atoms with Crippen molar-refractivity contribution >= 4 is 29.0 Å². The summed E-state index contributed by atoms with van der Waals surface area (Å²) in [5.74, 6) is -1.13. The Hall–Kier alpha value is -2.72. The Morgan fingerprint density at radius 1 is 1.33 bits per heavy atom. The highest BCUT2D eigenvalue weighted by atomic mass is 35.5. The van der Waals surface area contributed by atoms with Crippen LogP contribution in [0.4, 0.5) is 23.2 Å². The quantitative estimate of drug-likeness (QED) is 0.708. The van der Waals surface area contributed by atoms with E-state index in [4.69, 9.17) is 22.1 Å². The van der Waals surface area contributed by atoms with Crippen LogP contribution in [0.5, 0.6) is 0 Å². The minimum atomic E-state index is -4.64. The lowest BCUT2D eigenvalue weighted by atomic mass is 10.0. The molecule has 2 aliphatic rings. The third-order valence-corrected chi connectivity index (χ3v) is 5.35. The molecule has 1 fully saturated rings. The Morgan fingerprint density at radius 2 is 2.10 bits per heavy atom. The average molecular weight is 443 g/mol. The van der Waals surface area contributed by atoms with E-state index in [0.29, 0.717) is 25.3 Å². The maximum atomic E-state index is 14.6. The summed E-state index contributed by atoms with van der Waals surface area (Å²) in [7, 11) is 0. The molecule has 1 aliphatic carbocycles. The van der Waals surface area contributed by atoms with Gasteiger partial charge in [-0.05, 0) is 30.7 Å². The van der Waals surface area contributed by atoms with Gasteiger partial charge in [-0.15, -0.1) is 0 Å². The number of ether oxygens (including phenoxy) is 1. The van der Waals surface area contributed by atoms with Gasteiger partial charge in [-0.1, -0.05) is 11.6 Å². The number of hydrogen-bond donors (Lipinski definition) is 2. The Bertz CT molecular complexity index is 1060. The molecule has 0 bridgehead atoms. The van der Waals surface area contributed by atoms with Crippen LogP contribution in [-0.4, -0.2) is 29.9 Å². The second-order valence-corrected chi connectivity index (χ2v) is 7.55. The zero-order valence-corrected chi connectivity index (χ0v) is 16.0. The van der Waals surface area contributed by atoms with Crippen LogP contribution in [0, 0.1) is 11.7 Å². The number of carbonyl (C=O) groups is 1. The smallest absolute Gasteiger partial charge is 0.386 e. The van der Waals surface area contributed by atoms with E-state index in [0.717, 1.165) is 0 Å². The number of nitrogens with zero attached hydrogens (tertiary/aromatic N) is 2. The largest absolute Gasteiger partial charge is 0.417 e. The molecule has 2 atom stereocenters. The highest BCUT2D eigenvalue weighted by Crippen LogP contribution is 2.57. The number of benzene rings is 1. The monoisotopic (exact) mass is 442 g/mol. The number of aromatic nitrogens is 1. The van der Waals surface area contributed by atoms with Gasteiger partial charge in [-0.25, -0.2) is 9.37 Å². The topological polar surface area (TPSA) is 89.6 Å². The number of rotatable bonds is 3. The fourth-order valence-electron chi connectivity index (χ4n) is 3.52. The second-order valence-electron chi connectivity index (χ2n) is 7.14. The van der Waals surface area contributed by atoms with E-state index >= 15 is 0 Å². The van der Waals surface area contributed by atoms with Gasteiger partial charge in [0.2, 0.25) is 0 Å². The standard InChI is InChI=1S/C19H15ClF4N4O2/c20-13-3-9(19(22,23)24)6-26-16(13)17(29)27-11-1-2-14(21)12(4-11)18-5-10(18)7-30-8-15(25)28-18/h1-4,6,10H,5,7-8H2,(H2,25,28)(H,27,29)/t10-,18-/m0/s1. The summed E-state index contributed by atoms with van der Waals surface area (Å²) in [6.45, 7) is 0.541.